The number of carbonyl (C=O) groups is 2. The fourth-order valence-electron chi connectivity index (χ4n) is 3.64. The molecule has 1 saturated carbocycles. The molecule has 1 aliphatic carbocycles. The lowest BCUT2D eigenvalue weighted by atomic mass is 9.85. The molecule has 0 saturated heterocycles. The molecule has 0 radical (unpaired) electrons. The van der Waals surface area contributed by atoms with E-state index in [4.69, 9.17) is 22.9 Å². The number of nitrogens with one attached hydrogen (secondary N) is 1. The molecule has 8 heteroatoms. The predicted molar refractivity (Wildman–Crippen MR) is 111 cm³/mol. The van der Waals surface area contributed by atoms with E-state index >= 15 is 0 Å². The summed E-state index contributed by atoms with van der Waals surface area (Å²) in [6.07, 6.45) is 7.94. The Balaban J connectivity index is 1.85. The second-order valence-corrected chi connectivity index (χ2v) is 7.56. The molecule has 28 heavy (non-hydrogen) atoms. The normalized spacial score (nSPS) is 16.8. The predicted octanol–water partition coefficient (Wildman–Crippen LogP) is 0.792. The Morgan fingerprint density at radius 1 is 1.07 bits per heavy atom. The number of nitrogens with two attached hydrogens (primary N) is 4. The minimum atomic E-state index is -0.773. The van der Waals surface area contributed by atoms with Gasteiger partial charge in [-0.3, -0.25) is 9.59 Å². The third kappa shape index (κ3) is 7.19. The Hall–Kier alpha value is -2.61. The van der Waals surface area contributed by atoms with E-state index in [1.807, 2.05) is 12.1 Å². The number of aliphatic imine (C=N–C) groups is 1. The molecule has 0 bridgehead atoms. The molecule has 2 amide bonds. The largest absolute Gasteiger partial charge is 0.370 e. The molecule has 1 fully saturated rings. The summed E-state index contributed by atoms with van der Waals surface area (Å²) >= 11 is 0. The van der Waals surface area contributed by atoms with Gasteiger partial charge in [-0.2, -0.15) is 0 Å². The van der Waals surface area contributed by atoms with Crippen molar-refractivity contribution in [2.24, 2.45) is 33.8 Å². The van der Waals surface area contributed by atoms with E-state index in [1.165, 1.54) is 32.1 Å². The minimum absolute atomic E-state index is 0.0189. The van der Waals surface area contributed by atoms with Crippen LogP contribution in [0.25, 0.3) is 0 Å². The number of benzene rings is 1. The molecule has 0 heterocycles. The molecule has 1 aromatic carbocycles. The van der Waals surface area contributed by atoms with Crippen molar-refractivity contribution in [3.05, 3.63) is 29.8 Å². The van der Waals surface area contributed by atoms with Gasteiger partial charge < -0.3 is 28.3 Å². The third-order valence-electron chi connectivity index (χ3n) is 5.24. The average Bonchev–Trinajstić information content (AvgIpc) is 2.66. The van der Waals surface area contributed by atoms with Crippen LogP contribution >= 0.6 is 0 Å². The van der Waals surface area contributed by atoms with E-state index in [1.54, 1.807) is 12.1 Å². The van der Waals surface area contributed by atoms with Crippen LogP contribution in [0.3, 0.4) is 0 Å². The monoisotopic (exact) mass is 388 g/mol. The third-order valence-corrected chi connectivity index (χ3v) is 5.24. The second kappa shape index (κ2) is 10.7. The number of carbonyl (C=O) groups excluding carboxylic acids is 2. The van der Waals surface area contributed by atoms with E-state index in [2.05, 4.69) is 10.3 Å². The maximum absolute atomic E-state index is 12.4. The molecule has 1 aromatic rings. The molecule has 8 nitrogen and oxygen atoms in total. The molecule has 9 N–H and O–H groups in total. The van der Waals surface area contributed by atoms with Crippen LogP contribution in [0.4, 0.5) is 5.69 Å². The van der Waals surface area contributed by atoms with Gasteiger partial charge in [0.25, 0.3) is 0 Å². The molecule has 0 aromatic heterocycles. The van der Waals surface area contributed by atoms with Gasteiger partial charge in [-0.1, -0.05) is 44.2 Å². The Bertz CT molecular complexity index is 678. The van der Waals surface area contributed by atoms with Crippen molar-refractivity contribution >= 4 is 23.5 Å². The summed E-state index contributed by atoms with van der Waals surface area (Å²) in [7, 11) is 0. The summed E-state index contributed by atoms with van der Waals surface area (Å²) in [4.78, 5) is 28.1. The summed E-state index contributed by atoms with van der Waals surface area (Å²) < 4.78 is 0. The summed E-state index contributed by atoms with van der Waals surface area (Å²) in [5, 5.41) is 2.72. The van der Waals surface area contributed by atoms with Crippen molar-refractivity contribution < 1.29 is 9.59 Å². The SMILES string of the molecule is NC(=O)[C@H](CCC1CCCCC1)NC(=O)[C@@H](N)Cc1ccc(N=C(N)N)cc1. The van der Waals surface area contributed by atoms with Gasteiger partial charge in [0.15, 0.2) is 5.96 Å². The smallest absolute Gasteiger partial charge is 0.240 e. The van der Waals surface area contributed by atoms with Crippen molar-refractivity contribution in [3.8, 4) is 0 Å². The maximum Gasteiger partial charge on any atom is 0.240 e. The summed E-state index contributed by atoms with van der Waals surface area (Å²) in [6, 6.07) is 5.66. The summed E-state index contributed by atoms with van der Waals surface area (Å²) in [5.41, 5.74) is 23.7. The maximum atomic E-state index is 12.4. The number of primary amides is 1. The van der Waals surface area contributed by atoms with Crippen LogP contribution in [0.1, 0.15) is 50.5 Å². The summed E-state index contributed by atoms with van der Waals surface area (Å²) in [5.74, 6) is -0.293. The summed E-state index contributed by atoms with van der Waals surface area (Å²) in [6.45, 7) is 0. The first-order valence-electron chi connectivity index (χ1n) is 9.89. The molecule has 0 aliphatic heterocycles. The molecule has 1 aliphatic rings. The quantitative estimate of drug-likeness (QED) is 0.311. The lowest BCUT2D eigenvalue weighted by Gasteiger charge is -2.24. The Kier molecular flexibility index (Phi) is 8.25. The van der Waals surface area contributed by atoms with Gasteiger partial charge in [0.1, 0.15) is 6.04 Å². The standard InChI is InChI=1S/C20H32N6O2/c21-16(12-14-6-9-15(10-7-14)25-20(23)24)19(28)26-17(18(22)27)11-8-13-4-2-1-3-5-13/h6-7,9-10,13,16-17H,1-5,8,11-12,21H2,(H2,22,27)(H,26,28)(H4,23,24,25)/t16-,17-/m0/s1. The molecule has 0 spiro atoms. The number of hydrogen-bond donors (Lipinski definition) is 5. The van der Waals surface area contributed by atoms with Crippen LogP contribution in [0.15, 0.2) is 29.3 Å². The highest BCUT2D eigenvalue weighted by Crippen LogP contribution is 2.27. The lowest BCUT2D eigenvalue weighted by Crippen LogP contribution is -2.51. The minimum Gasteiger partial charge on any atom is -0.370 e. The highest BCUT2D eigenvalue weighted by Gasteiger charge is 2.24. The zero-order chi connectivity index (χ0) is 20.5. The van der Waals surface area contributed by atoms with Crippen LogP contribution in [0.2, 0.25) is 0 Å². The fraction of sp³-hybridized carbons (Fsp3) is 0.550. The molecular weight excluding hydrogens is 356 g/mol. The average molecular weight is 389 g/mol. The van der Waals surface area contributed by atoms with Gasteiger partial charge in [0, 0.05) is 0 Å². The fourth-order valence-corrected chi connectivity index (χ4v) is 3.64. The van der Waals surface area contributed by atoms with Crippen LogP contribution < -0.4 is 28.3 Å². The first kappa shape index (κ1) is 21.7. The van der Waals surface area contributed by atoms with Crippen LogP contribution in [-0.4, -0.2) is 29.9 Å². The van der Waals surface area contributed by atoms with Gasteiger partial charge in [-0.05, 0) is 42.9 Å². The zero-order valence-corrected chi connectivity index (χ0v) is 16.3. The van der Waals surface area contributed by atoms with E-state index in [0.717, 1.165) is 12.0 Å². The Labute approximate surface area is 166 Å². The first-order chi connectivity index (χ1) is 13.3. The van der Waals surface area contributed by atoms with Crippen molar-refractivity contribution in [1.82, 2.24) is 5.32 Å². The first-order valence-corrected chi connectivity index (χ1v) is 9.89. The van der Waals surface area contributed by atoms with Crippen molar-refractivity contribution in [2.75, 3.05) is 0 Å². The van der Waals surface area contributed by atoms with E-state index in [0.29, 0.717) is 24.4 Å². The Morgan fingerprint density at radius 3 is 2.29 bits per heavy atom. The van der Waals surface area contributed by atoms with Crippen LogP contribution in [0, 0.1) is 5.92 Å². The van der Waals surface area contributed by atoms with Gasteiger partial charge in [0.2, 0.25) is 11.8 Å². The van der Waals surface area contributed by atoms with Crippen LogP contribution in [0.5, 0.6) is 0 Å². The lowest BCUT2D eigenvalue weighted by molar-refractivity contribution is -0.128. The topological polar surface area (TPSA) is 163 Å². The van der Waals surface area contributed by atoms with Gasteiger partial charge in [0.05, 0.1) is 11.7 Å². The van der Waals surface area contributed by atoms with Gasteiger partial charge in [-0.15, -0.1) is 0 Å². The highest BCUT2D eigenvalue weighted by molar-refractivity contribution is 5.89. The zero-order valence-electron chi connectivity index (χ0n) is 16.3. The van der Waals surface area contributed by atoms with Gasteiger partial charge >= 0.3 is 0 Å². The number of nitrogens with zero attached hydrogens (tertiary/aromatic N) is 1. The van der Waals surface area contributed by atoms with E-state index in [-0.39, 0.29) is 11.9 Å². The van der Waals surface area contributed by atoms with Crippen LogP contribution in [-0.2, 0) is 16.0 Å². The van der Waals surface area contributed by atoms with E-state index in [9.17, 15) is 9.59 Å². The molecule has 0 unspecified atom stereocenters. The number of hydrogen-bond acceptors (Lipinski definition) is 4. The number of rotatable bonds is 9. The van der Waals surface area contributed by atoms with Crippen molar-refractivity contribution in [3.63, 3.8) is 0 Å². The van der Waals surface area contributed by atoms with Crippen molar-refractivity contribution in [2.45, 2.75) is 63.5 Å². The Morgan fingerprint density at radius 2 is 1.71 bits per heavy atom. The van der Waals surface area contributed by atoms with Gasteiger partial charge in [-0.25, -0.2) is 4.99 Å². The van der Waals surface area contributed by atoms with E-state index < -0.39 is 18.0 Å². The van der Waals surface area contributed by atoms with Crippen molar-refractivity contribution in [1.29, 1.82) is 0 Å². The second-order valence-electron chi connectivity index (χ2n) is 7.56. The molecular formula is C20H32N6O2. The number of amides is 2. The highest BCUT2D eigenvalue weighted by atomic mass is 16.2. The number of guanidine groups is 1. The molecule has 2 rings (SSSR count). The molecule has 2 atom stereocenters. The molecule has 154 valence electrons.